The molecule has 1 aromatic carbocycles. The van der Waals surface area contributed by atoms with E-state index in [0.717, 1.165) is 37.1 Å². The molecule has 1 N–H and O–H groups in total. The van der Waals surface area contributed by atoms with Crippen LogP contribution in [0.2, 0.25) is 0 Å². The van der Waals surface area contributed by atoms with Gasteiger partial charge in [-0.2, -0.15) is 0 Å². The molecule has 2 aromatic heterocycles. The standard InChI is InChI=1S/C32H43N11O7/c1-41-21-24(36-39-41)9-3-5-17-48-27-19-23(32(47)50-43-30(45)13-14-31(43)46)20-28(49-18-6-4-10-25-22-42(2)40-37-25)26(27)11-7-15-34-29(44)12-8-16-35-38-33/h19-22H,3-18H2,1-2H3,(H,34,44). The van der Waals surface area contributed by atoms with Gasteiger partial charge in [0.15, 0.2) is 0 Å². The Morgan fingerprint density at radius 2 is 1.44 bits per heavy atom. The van der Waals surface area contributed by atoms with Crippen LogP contribution in [-0.4, -0.2) is 85.0 Å². The lowest BCUT2D eigenvalue weighted by Gasteiger charge is -2.19. The summed E-state index contributed by atoms with van der Waals surface area (Å²) in [5.41, 5.74) is 10.9. The van der Waals surface area contributed by atoms with Gasteiger partial charge in [0.1, 0.15) is 11.5 Å². The van der Waals surface area contributed by atoms with Crippen molar-refractivity contribution in [1.29, 1.82) is 0 Å². The largest absolute Gasteiger partial charge is 0.493 e. The Morgan fingerprint density at radius 3 is 1.96 bits per heavy atom. The Balaban J connectivity index is 1.47. The third-order valence-electron chi connectivity index (χ3n) is 7.70. The lowest BCUT2D eigenvalue weighted by Crippen LogP contribution is -2.32. The molecule has 0 spiro atoms. The molecule has 0 atom stereocenters. The first-order valence-corrected chi connectivity index (χ1v) is 16.7. The minimum absolute atomic E-state index is 0.0265. The molecule has 0 radical (unpaired) electrons. The summed E-state index contributed by atoms with van der Waals surface area (Å²) in [5.74, 6) is -1.42. The second-order valence-corrected chi connectivity index (χ2v) is 11.8. The molecule has 3 heterocycles. The number of aromatic nitrogens is 6. The first-order chi connectivity index (χ1) is 24.2. The number of rotatable bonds is 22. The zero-order valence-electron chi connectivity index (χ0n) is 28.5. The van der Waals surface area contributed by atoms with E-state index in [1.807, 2.05) is 26.5 Å². The number of imide groups is 1. The third kappa shape index (κ3) is 11.9. The number of hydrogen-bond acceptors (Lipinski definition) is 12. The van der Waals surface area contributed by atoms with Crippen LogP contribution in [0.4, 0.5) is 0 Å². The van der Waals surface area contributed by atoms with Gasteiger partial charge < -0.3 is 19.6 Å². The van der Waals surface area contributed by atoms with Crippen LogP contribution >= 0.6 is 0 Å². The van der Waals surface area contributed by atoms with E-state index in [-0.39, 0.29) is 37.3 Å². The number of ether oxygens (including phenoxy) is 2. The molecular formula is C32H43N11O7. The number of hydroxylamine groups is 2. The van der Waals surface area contributed by atoms with E-state index in [2.05, 4.69) is 36.0 Å². The highest BCUT2D eigenvalue weighted by Gasteiger charge is 2.33. The van der Waals surface area contributed by atoms with Gasteiger partial charge in [-0.3, -0.25) is 23.7 Å². The Bertz CT molecular complexity index is 1580. The van der Waals surface area contributed by atoms with Gasteiger partial charge in [-0.15, -0.1) is 15.3 Å². The molecule has 3 aromatic rings. The number of amides is 3. The molecule has 1 aliphatic heterocycles. The average Bonchev–Trinajstić information content (AvgIpc) is 3.81. The van der Waals surface area contributed by atoms with Crippen LogP contribution in [-0.2, 0) is 52.6 Å². The number of hydrogen-bond donors (Lipinski definition) is 1. The molecule has 1 aliphatic rings. The van der Waals surface area contributed by atoms with E-state index in [4.69, 9.17) is 19.8 Å². The van der Waals surface area contributed by atoms with Crippen LogP contribution in [0.25, 0.3) is 10.4 Å². The highest BCUT2D eigenvalue weighted by molar-refractivity contribution is 6.02. The monoisotopic (exact) mass is 693 g/mol. The fourth-order valence-electron chi connectivity index (χ4n) is 5.17. The van der Waals surface area contributed by atoms with Gasteiger partial charge in [0, 0.05) is 69.3 Å². The normalized spacial score (nSPS) is 12.6. The first kappa shape index (κ1) is 37.3. The number of nitrogens with one attached hydrogen (secondary N) is 1. The van der Waals surface area contributed by atoms with Crippen molar-refractivity contribution in [1.82, 2.24) is 40.4 Å². The van der Waals surface area contributed by atoms with E-state index in [1.165, 1.54) is 12.1 Å². The van der Waals surface area contributed by atoms with Gasteiger partial charge >= 0.3 is 5.97 Å². The molecule has 0 aliphatic carbocycles. The number of azide groups is 1. The minimum Gasteiger partial charge on any atom is -0.493 e. The smallest absolute Gasteiger partial charge is 0.364 e. The Hall–Kier alpha value is -5.51. The van der Waals surface area contributed by atoms with Gasteiger partial charge in [0.2, 0.25) is 5.91 Å². The van der Waals surface area contributed by atoms with Crippen molar-refractivity contribution in [3.05, 3.63) is 57.5 Å². The number of benzene rings is 1. The summed E-state index contributed by atoms with van der Waals surface area (Å²) in [5, 5.41) is 23.0. The van der Waals surface area contributed by atoms with Crippen LogP contribution < -0.4 is 14.8 Å². The van der Waals surface area contributed by atoms with Gasteiger partial charge in [0.05, 0.1) is 30.2 Å². The number of unbranched alkanes of at least 4 members (excludes halogenated alkanes) is 2. The summed E-state index contributed by atoms with van der Waals surface area (Å²) in [6.45, 7) is 1.28. The van der Waals surface area contributed by atoms with Gasteiger partial charge in [-0.25, -0.2) is 4.79 Å². The molecule has 3 amide bonds. The SMILES string of the molecule is Cn1cc(CCCCOc2cc(C(=O)ON3C(=O)CCC3=O)cc(OCCCCc3cn(C)nn3)c2CCCNC(=O)CCCN=[N+]=[N-])nn1. The number of nitrogens with zero attached hydrogens (tertiary/aromatic N) is 10. The Labute approximate surface area is 289 Å². The van der Waals surface area contributed by atoms with Crippen molar-refractivity contribution < 1.29 is 33.5 Å². The molecule has 18 nitrogen and oxygen atoms in total. The molecule has 0 saturated carbocycles. The average molecular weight is 694 g/mol. The quantitative estimate of drug-likeness (QED) is 0.0529. The second-order valence-electron chi connectivity index (χ2n) is 11.8. The van der Waals surface area contributed by atoms with Crippen LogP contribution in [0, 0.1) is 0 Å². The summed E-state index contributed by atoms with van der Waals surface area (Å²) in [4.78, 5) is 57.7. The molecular weight excluding hydrogens is 650 g/mol. The molecule has 4 rings (SSSR count). The van der Waals surface area contributed by atoms with Crippen LogP contribution in [0.5, 0.6) is 11.5 Å². The Kier molecular flexibility index (Phi) is 14.5. The maximum Gasteiger partial charge on any atom is 0.364 e. The number of carbonyl (C=O) groups excluding carboxylic acids is 4. The summed E-state index contributed by atoms with van der Waals surface area (Å²) in [6.07, 6.45) is 9.73. The van der Waals surface area contributed by atoms with Gasteiger partial charge in [-0.05, 0) is 75.5 Å². The maximum atomic E-state index is 13.3. The van der Waals surface area contributed by atoms with Crippen molar-refractivity contribution in [3.63, 3.8) is 0 Å². The van der Waals surface area contributed by atoms with E-state index in [0.29, 0.717) is 74.0 Å². The second kappa shape index (κ2) is 19.5. The highest BCUT2D eigenvalue weighted by Crippen LogP contribution is 2.33. The predicted octanol–water partition coefficient (Wildman–Crippen LogP) is 3.11. The van der Waals surface area contributed by atoms with Crippen molar-refractivity contribution in [2.75, 3.05) is 26.3 Å². The highest BCUT2D eigenvalue weighted by atomic mass is 16.7. The lowest BCUT2D eigenvalue weighted by molar-refractivity contribution is -0.172. The van der Waals surface area contributed by atoms with E-state index in [1.54, 1.807) is 9.36 Å². The first-order valence-electron chi connectivity index (χ1n) is 16.7. The fourth-order valence-corrected chi connectivity index (χ4v) is 5.17. The molecule has 0 bridgehead atoms. The van der Waals surface area contributed by atoms with Crippen molar-refractivity contribution in [3.8, 4) is 11.5 Å². The number of carbonyl (C=O) groups is 4. The van der Waals surface area contributed by atoms with Crippen molar-refractivity contribution in [2.24, 2.45) is 19.2 Å². The Morgan fingerprint density at radius 1 is 0.860 bits per heavy atom. The van der Waals surface area contributed by atoms with Crippen LogP contribution in [0.3, 0.4) is 0 Å². The zero-order valence-corrected chi connectivity index (χ0v) is 28.5. The molecule has 1 fully saturated rings. The van der Waals surface area contributed by atoms with Crippen LogP contribution in [0.1, 0.15) is 85.1 Å². The molecule has 268 valence electrons. The van der Waals surface area contributed by atoms with Crippen molar-refractivity contribution >= 4 is 23.7 Å². The topological polar surface area (TPSA) is 221 Å². The summed E-state index contributed by atoms with van der Waals surface area (Å²) < 4.78 is 15.8. The zero-order chi connectivity index (χ0) is 35.7. The molecule has 50 heavy (non-hydrogen) atoms. The molecule has 18 heteroatoms. The van der Waals surface area contributed by atoms with Crippen LogP contribution in [0.15, 0.2) is 29.6 Å². The van der Waals surface area contributed by atoms with E-state index < -0.39 is 17.8 Å². The fraction of sp³-hybridized carbons (Fsp3) is 0.562. The van der Waals surface area contributed by atoms with Gasteiger partial charge in [-0.1, -0.05) is 15.5 Å². The summed E-state index contributed by atoms with van der Waals surface area (Å²) >= 11 is 0. The van der Waals surface area contributed by atoms with Gasteiger partial charge in [0.25, 0.3) is 11.8 Å². The minimum atomic E-state index is -0.895. The number of aryl methyl sites for hydroxylation is 4. The summed E-state index contributed by atoms with van der Waals surface area (Å²) in [6, 6.07) is 3.06. The van der Waals surface area contributed by atoms with Crippen molar-refractivity contribution in [2.45, 2.75) is 77.0 Å². The molecule has 0 unspecified atom stereocenters. The lowest BCUT2D eigenvalue weighted by atomic mass is 10.0. The predicted molar refractivity (Wildman–Crippen MR) is 176 cm³/mol. The maximum absolute atomic E-state index is 13.3. The third-order valence-corrected chi connectivity index (χ3v) is 7.70. The molecule has 1 saturated heterocycles. The summed E-state index contributed by atoms with van der Waals surface area (Å²) in [7, 11) is 3.62. The van der Waals surface area contributed by atoms with E-state index >= 15 is 0 Å². The van der Waals surface area contributed by atoms with E-state index in [9.17, 15) is 19.2 Å².